The molecule has 1 amide bonds. The molecule has 0 aliphatic heterocycles. The number of hydrogen-bond acceptors (Lipinski definition) is 3. The minimum atomic E-state index is 0.0471. The van der Waals surface area contributed by atoms with Gasteiger partial charge in [-0.3, -0.25) is 9.78 Å². The minimum Gasteiger partial charge on any atom is -0.395 e. The summed E-state index contributed by atoms with van der Waals surface area (Å²) in [7, 11) is 0. The molecule has 1 fully saturated rings. The number of aliphatic hydroxyl groups excluding tert-OH is 1. The number of aliphatic hydroxyl groups is 1. The molecule has 1 aliphatic carbocycles. The fourth-order valence-electron chi connectivity index (χ4n) is 2.18. The van der Waals surface area contributed by atoms with Crippen LogP contribution in [0.2, 0.25) is 0 Å². The van der Waals surface area contributed by atoms with Crippen molar-refractivity contribution in [2.75, 3.05) is 13.2 Å². The van der Waals surface area contributed by atoms with Gasteiger partial charge in [-0.25, -0.2) is 0 Å². The highest BCUT2D eigenvalue weighted by atomic mass is 16.2. The van der Waals surface area contributed by atoms with Crippen molar-refractivity contribution >= 4 is 5.91 Å². The van der Waals surface area contributed by atoms with Gasteiger partial charge in [0.2, 0.25) is 0 Å². The number of pyridine rings is 1. The van der Waals surface area contributed by atoms with Crippen LogP contribution in [0.1, 0.15) is 54.9 Å². The normalized spacial score (nSPS) is 13.4. The van der Waals surface area contributed by atoms with E-state index in [1.54, 1.807) is 18.5 Å². The first-order valence-corrected chi connectivity index (χ1v) is 7.62. The molecular formula is C17H22N2O2. The van der Waals surface area contributed by atoms with Gasteiger partial charge in [-0.15, -0.1) is 0 Å². The predicted octanol–water partition coefficient (Wildman–Crippen LogP) is 2.22. The van der Waals surface area contributed by atoms with Crippen LogP contribution in [-0.2, 0) is 0 Å². The van der Waals surface area contributed by atoms with Gasteiger partial charge in [0.05, 0.1) is 12.2 Å². The van der Waals surface area contributed by atoms with Crippen molar-refractivity contribution in [1.29, 1.82) is 0 Å². The molecule has 0 atom stereocenters. The lowest BCUT2D eigenvalue weighted by molar-refractivity contribution is 0.0740. The number of aromatic nitrogens is 1. The molecule has 1 aromatic heterocycles. The van der Waals surface area contributed by atoms with Crippen molar-refractivity contribution in [3.05, 3.63) is 29.6 Å². The summed E-state index contributed by atoms with van der Waals surface area (Å²) in [5.41, 5.74) is 1.33. The lowest BCUT2D eigenvalue weighted by Crippen LogP contribution is -2.34. The number of rotatable bonds is 6. The van der Waals surface area contributed by atoms with Crippen molar-refractivity contribution in [3.8, 4) is 11.8 Å². The summed E-state index contributed by atoms with van der Waals surface area (Å²) in [6.45, 7) is 3.00. The Hall–Kier alpha value is -1.86. The van der Waals surface area contributed by atoms with E-state index in [0.717, 1.165) is 37.8 Å². The summed E-state index contributed by atoms with van der Waals surface area (Å²) in [5.74, 6) is 5.84. The largest absolute Gasteiger partial charge is 0.395 e. The molecule has 1 N–H and O–H groups in total. The van der Waals surface area contributed by atoms with Crippen LogP contribution in [0.25, 0.3) is 0 Å². The molecule has 112 valence electrons. The van der Waals surface area contributed by atoms with Crippen molar-refractivity contribution in [2.45, 2.75) is 45.1 Å². The molecule has 2 rings (SSSR count). The van der Waals surface area contributed by atoms with Crippen LogP contribution in [0.4, 0.5) is 0 Å². The van der Waals surface area contributed by atoms with Crippen LogP contribution >= 0.6 is 0 Å². The van der Waals surface area contributed by atoms with Gasteiger partial charge >= 0.3 is 0 Å². The molecule has 1 aliphatic rings. The molecule has 0 unspecified atom stereocenters. The average Bonchev–Trinajstić information content (AvgIpc) is 3.33. The van der Waals surface area contributed by atoms with Crippen LogP contribution in [0.3, 0.4) is 0 Å². The van der Waals surface area contributed by atoms with E-state index in [1.165, 1.54) is 0 Å². The zero-order chi connectivity index (χ0) is 15.1. The van der Waals surface area contributed by atoms with Crippen molar-refractivity contribution in [3.63, 3.8) is 0 Å². The topological polar surface area (TPSA) is 53.4 Å². The maximum Gasteiger partial charge on any atom is 0.255 e. The number of carbonyl (C=O) groups excluding carboxylic acids is 1. The molecule has 1 aromatic rings. The van der Waals surface area contributed by atoms with Crippen LogP contribution in [-0.4, -0.2) is 40.1 Å². The molecule has 0 saturated heterocycles. The first-order chi connectivity index (χ1) is 10.3. The van der Waals surface area contributed by atoms with E-state index in [2.05, 4.69) is 23.7 Å². The first kappa shape index (κ1) is 15.5. The second-order valence-corrected chi connectivity index (χ2v) is 5.32. The van der Waals surface area contributed by atoms with Crippen molar-refractivity contribution in [1.82, 2.24) is 9.88 Å². The van der Waals surface area contributed by atoms with E-state index in [0.29, 0.717) is 18.0 Å². The Labute approximate surface area is 126 Å². The van der Waals surface area contributed by atoms with Crippen LogP contribution in [0.15, 0.2) is 18.5 Å². The molecule has 0 bridgehead atoms. The van der Waals surface area contributed by atoms with Gasteiger partial charge < -0.3 is 10.0 Å². The third-order valence-electron chi connectivity index (χ3n) is 3.46. The molecule has 1 heterocycles. The lowest BCUT2D eigenvalue weighted by atomic mass is 10.1. The summed E-state index contributed by atoms with van der Waals surface area (Å²) in [6.07, 6.45) is 8.03. The summed E-state index contributed by atoms with van der Waals surface area (Å²) < 4.78 is 0. The Bertz CT molecular complexity index is 541. The quantitative estimate of drug-likeness (QED) is 0.816. The number of amides is 1. The highest BCUT2D eigenvalue weighted by Gasteiger charge is 2.32. The standard InChI is InChI=1S/C17H22N2O2/c1-2-3-9-19(16-7-8-16)17(21)15-11-14(12-18-13-15)6-4-5-10-20/h11-13,16,20H,2-3,5,7-10H2,1H3. The average molecular weight is 286 g/mol. The summed E-state index contributed by atoms with van der Waals surface area (Å²) >= 11 is 0. The third-order valence-corrected chi connectivity index (χ3v) is 3.46. The molecule has 0 radical (unpaired) electrons. The third kappa shape index (κ3) is 4.57. The van der Waals surface area contributed by atoms with Crippen molar-refractivity contribution < 1.29 is 9.90 Å². The summed E-state index contributed by atoms with van der Waals surface area (Å²) in [5, 5.41) is 8.73. The maximum absolute atomic E-state index is 12.6. The number of nitrogens with zero attached hydrogens (tertiary/aromatic N) is 2. The number of carbonyl (C=O) groups is 1. The molecule has 0 aromatic carbocycles. The molecular weight excluding hydrogens is 264 g/mol. The smallest absolute Gasteiger partial charge is 0.255 e. The van der Waals surface area contributed by atoms with Gasteiger partial charge in [-0.05, 0) is 25.3 Å². The van der Waals surface area contributed by atoms with Crippen LogP contribution < -0.4 is 0 Å². The molecule has 0 spiro atoms. The van der Waals surface area contributed by atoms with Crippen LogP contribution in [0, 0.1) is 11.8 Å². The van der Waals surface area contributed by atoms with Gasteiger partial charge in [-0.2, -0.15) is 0 Å². The van der Waals surface area contributed by atoms with Gasteiger partial charge in [-0.1, -0.05) is 25.2 Å². The van der Waals surface area contributed by atoms with Gasteiger partial charge in [0.1, 0.15) is 0 Å². The Morgan fingerprint density at radius 3 is 2.95 bits per heavy atom. The second-order valence-electron chi connectivity index (χ2n) is 5.32. The molecule has 1 saturated carbocycles. The Morgan fingerprint density at radius 2 is 2.29 bits per heavy atom. The maximum atomic E-state index is 12.6. The summed E-state index contributed by atoms with van der Waals surface area (Å²) in [6, 6.07) is 2.20. The Kier molecular flexibility index (Phi) is 5.77. The van der Waals surface area contributed by atoms with E-state index < -0.39 is 0 Å². The second kappa shape index (κ2) is 7.80. The SMILES string of the molecule is CCCCN(C(=O)c1cncc(C#CCCO)c1)C1CC1. The molecule has 21 heavy (non-hydrogen) atoms. The highest BCUT2D eigenvalue weighted by molar-refractivity contribution is 5.94. The minimum absolute atomic E-state index is 0.0471. The van der Waals surface area contributed by atoms with E-state index in [1.807, 2.05) is 4.90 Å². The number of unbranched alkanes of at least 4 members (excludes halogenated alkanes) is 1. The van der Waals surface area contributed by atoms with E-state index in [9.17, 15) is 4.79 Å². The zero-order valence-corrected chi connectivity index (χ0v) is 12.5. The van der Waals surface area contributed by atoms with Gasteiger partial charge in [0, 0.05) is 37.0 Å². The molecule has 4 nitrogen and oxygen atoms in total. The van der Waals surface area contributed by atoms with Crippen LogP contribution in [0.5, 0.6) is 0 Å². The monoisotopic (exact) mass is 286 g/mol. The molecule has 4 heteroatoms. The van der Waals surface area contributed by atoms with Gasteiger partial charge in [0.15, 0.2) is 0 Å². The zero-order valence-electron chi connectivity index (χ0n) is 12.5. The fraction of sp³-hybridized carbons (Fsp3) is 0.529. The Morgan fingerprint density at radius 1 is 1.48 bits per heavy atom. The highest BCUT2D eigenvalue weighted by Crippen LogP contribution is 2.28. The summed E-state index contributed by atoms with van der Waals surface area (Å²) in [4.78, 5) is 18.7. The van der Waals surface area contributed by atoms with Crippen molar-refractivity contribution in [2.24, 2.45) is 0 Å². The van der Waals surface area contributed by atoms with E-state index >= 15 is 0 Å². The fourth-order valence-corrected chi connectivity index (χ4v) is 2.18. The predicted molar refractivity (Wildman–Crippen MR) is 81.8 cm³/mol. The van der Waals surface area contributed by atoms with Gasteiger partial charge in [0.25, 0.3) is 5.91 Å². The first-order valence-electron chi connectivity index (χ1n) is 7.62. The van der Waals surface area contributed by atoms with E-state index in [-0.39, 0.29) is 12.5 Å². The number of hydrogen-bond donors (Lipinski definition) is 1. The lowest BCUT2D eigenvalue weighted by Gasteiger charge is -2.22. The Balaban J connectivity index is 2.10. The van der Waals surface area contributed by atoms with E-state index in [4.69, 9.17) is 5.11 Å².